The number of pyridine rings is 2. The number of fused-ring (bicyclic) bond motifs is 3. The van der Waals surface area contributed by atoms with Crippen molar-refractivity contribution < 1.29 is 9.53 Å². The molecule has 0 saturated carbocycles. The van der Waals surface area contributed by atoms with Crippen molar-refractivity contribution in [1.29, 1.82) is 0 Å². The summed E-state index contributed by atoms with van der Waals surface area (Å²) in [7, 11) is 3.66. The number of benzene rings is 2. The fourth-order valence-electron chi connectivity index (χ4n) is 5.99. The average Bonchev–Trinajstić information content (AvgIpc) is 3.60. The van der Waals surface area contributed by atoms with Crippen molar-refractivity contribution in [2.24, 2.45) is 14.1 Å². The zero-order valence-corrected chi connectivity index (χ0v) is 26.6. The predicted molar refractivity (Wildman–Crippen MR) is 179 cm³/mol. The van der Waals surface area contributed by atoms with Crippen LogP contribution in [0.4, 0.5) is 10.5 Å². The summed E-state index contributed by atoms with van der Waals surface area (Å²) in [5, 5.41) is 5.13. The van der Waals surface area contributed by atoms with E-state index in [0.717, 1.165) is 55.7 Å². The molecule has 1 fully saturated rings. The van der Waals surface area contributed by atoms with Gasteiger partial charge in [0.1, 0.15) is 5.60 Å². The molecule has 0 unspecified atom stereocenters. The van der Waals surface area contributed by atoms with Gasteiger partial charge in [-0.1, -0.05) is 12.1 Å². The molecule has 11 heteroatoms. The first-order chi connectivity index (χ1) is 22.1. The molecule has 1 saturated heterocycles. The Morgan fingerprint density at radius 1 is 0.804 bits per heavy atom. The number of ether oxygens (including phenoxy) is 1. The summed E-state index contributed by atoms with van der Waals surface area (Å²) in [6, 6.07) is 18.2. The molecule has 46 heavy (non-hydrogen) atoms. The Labute approximate surface area is 266 Å². The molecule has 0 radical (unpaired) electrons. The van der Waals surface area contributed by atoms with Crippen molar-refractivity contribution in [3.63, 3.8) is 0 Å². The minimum Gasteiger partial charge on any atom is -0.444 e. The van der Waals surface area contributed by atoms with E-state index in [-0.39, 0.29) is 11.8 Å². The Hall–Kier alpha value is -5.45. The molecule has 2 aromatic carbocycles. The second-order valence-corrected chi connectivity index (χ2v) is 12.7. The molecule has 11 nitrogen and oxygen atoms in total. The summed E-state index contributed by atoms with van der Waals surface area (Å²) in [6.45, 7) is 8.20. The number of imidazole rings is 1. The van der Waals surface area contributed by atoms with Crippen molar-refractivity contribution in [3.8, 4) is 28.1 Å². The molecule has 1 aliphatic rings. The fraction of sp³-hybridized carbons (Fsp3) is 0.286. The number of carbonyl (C=O) groups excluding carboxylic acids is 1. The molecule has 0 bridgehead atoms. The van der Waals surface area contributed by atoms with Crippen molar-refractivity contribution >= 4 is 33.7 Å². The monoisotopic (exact) mass is 616 g/mol. The lowest BCUT2D eigenvalue weighted by Gasteiger charge is -2.36. The van der Waals surface area contributed by atoms with E-state index in [4.69, 9.17) is 4.74 Å². The van der Waals surface area contributed by atoms with E-state index < -0.39 is 5.60 Å². The van der Waals surface area contributed by atoms with E-state index in [1.807, 2.05) is 88.7 Å². The number of aromatic nitrogens is 6. The highest BCUT2D eigenvalue weighted by molar-refractivity contribution is 6.04. The van der Waals surface area contributed by atoms with Gasteiger partial charge in [-0.2, -0.15) is 5.10 Å². The van der Waals surface area contributed by atoms with Crippen LogP contribution in [0.25, 0.3) is 50.0 Å². The van der Waals surface area contributed by atoms with Gasteiger partial charge in [0, 0.05) is 74.9 Å². The van der Waals surface area contributed by atoms with E-state index in [2.05, 4.69) is 26.0 Å². The molecule has 4 aromatic heterocycles. The molecule has 234 valence electrons. The third-order valence-electron chi connectivity index (χ3n) is 8.39. The van der Waals surface area contributed by atoms with Crippen LogP contribution < -0.4 is 10.6 Å². The van der Waals surface area contributed by atoms with Gasteiger partial charge in [0.25, 0.3) is 0 Å². The van der Waals surface area contributed by atoms with E-state index in [1.54, 1.807) is 38.2 Å². The summed E-state index contributed by atoms with van der Waals surface area (Å²) in [4.78, 5) is 39.5. The highest BCUT2D eigenvalue weighted by atomic mass is 16.6. The Balaban J connectivity index is 1.19. The van der Waals surface area contributed by atoms with Gasteiger partial charge in [-0.05, 0) is 68.8 Å². The lowest BCUT2D eigenvalue weighted by atomic mass is 10.0. The van der Waals surface area contributed by atoms with Crippen LogP contribution in [0.5, 0.6) is 0 Å². The van der Waals surface area contributed by atoms with Crippen molar-refractivity contribution in [2.75, 3.05) is 31.1 Å². The van der Waals surface area contributed by atoms with Crippen LogP contribution in [0, 0.1) is 0 Å². The minimum absolute atomic E-state index is 0.143. The van der Waals surface area contributed by atoms with Crippen molar-refractivity contribution in [3.05, 3.63) is 89.9 Å². The second-order valence-electron chi connectivity index (χ2n) is 12.7. The first kappa shape index (κ1) is 29.3. The SMILES string of the molecule is Cn1cc(-c2ccc(-c3ccc4ncc5c(c4c3)n(-c3ccc(N4CCN(C(=O)OC(C)(C)C)CC4)cc3)c(=O)n5C)cn2)cn1. The van der Waals surface area contributed by atoms with Crippen LogP contribution in [-0.4, -0.2) is 71.7 Å². The summed E-state index contributed by atoms with van der Waals surface area (Å²) in [6.07, 6.45) is 7.09. The average molecular weight is 617 g/mol. The second kappa shape index (κ2) is 11.2. The zero-order valence-electron chi connectivity index (χ0n) is 26.6. The Morgan fingerprint density at radius 2 is 1.52 bits per heavy atom. The van der Waals surface area contributed by atoms with Gasteiger partial charge in [-0.15, -0.1) is 0 Å². The molecule has 0 spiro atoms. The van der Waals surface area contributed by atoms with Crippen molar-refractivity contribution in [2.45, 2.75) is 26.4 Å². The Kier molecular flexibility index (Phi) is 7.11. The van der Waals surface area contributed by atoms with Crippen LogP contribution in [0.2, 0.25) is 0 Å². The number of aryl methyl sites for hydroxylation is 2. The first-order valence-electron chi connectivity index (χ1n) is 15.3. The number of hydrogen-bond donors (Lipinski definition) is 0. The maximum absolute atomic E-state index is 13.7. The molecule has 1 amide bonds. The molecule has 7 rings (SSSR count). The van der Waals surface area contributed by atoms with Gasteiger partial charge in [-0.25, -0.2) is 9.59 Å². The quantitative estimate of drug-likeness (QED) is 0.261. The maximum atomic E-state index is 13.7. The first-order valence-corrected chi connectivity index (χ1v) is 15.3. The summed E-state index contributed by atoms with van der Waals surface area (Å²) in [5.41, 5.74) is 7.27. The number of hydrogen-bond acceptors (Lipinski definition) is 7. The van der Waals surface area contributed by atoms with Crippen LogP contribution in [0.3, 0.4) is 0 Å². The van der Waals surface area contributed by atoms with Crippen LogP contribution in [-0.2, 0) is 18.8 Å². The topological polar surface area (TPSA) is 103 Å². The maximum Gasteiger partial charge on any atom is 0.410 e. The van der Waals surface area contributed by atoms with E-state index in [1.165, 1.54) is 0 Å². The number of rotatable bonds is 4. The standard InChI is InChI=1S/C35H36N8O3/c1-35(2,3)46-34(45)42-16-14-41(15-17-42)26-8-10-27(11-9-26)43-32-28-18-23(6-13-30(28)37-21-31(32)40(5)33(43)44)24-7-12-29(36-19-24)25-20-38-39(4)22-25/h6-13,18-22H,14-17H2,1-5H3. The lowest BCUT2D eigenvalue weighted by molar-refractivity contribution is 0.0240. The fourth-order valence-corrected chi connectivity index (χ4v) is 5.99. The van der Waals surface area contributed by atoms with E-state index >= 15 is 0 Å². The van der Waals surface area contributed by atoms with Gasteiger partial charge in [0.2, 0.25) is 0 Å². The Morgan fingerprint density at radius 3 is 2.17 bits per heavy atom. The lowest BCUT2D eigenvalue weighted by Crippen LogP contribution is -2.50. The summed E-state index contributed by atoms with van der Waals surface area (Å²) < 4.78 is 10.7. The Bertz CT molecular complexity index is 2130. The van der Waals surface area contributed by atoms with Crippen LogP contribution in [0.15, 0.2) is 84.2 Å². The van der Waals surface area contributed by atoms with Gasteiger partial charge >= 0.3 is 11.8 Å². The molecule has 0 N–H and O–H groups in total. The largest absolute Gasteiger partial charge is 0.444 e. The number of amides is 1. The zero-order chi connectivity index (χ0) is 32.2. The summed E-state index contributed by atoms with van der Waals surface area (Å²) >= 11 is 0. The molecular formula is C35H36N8O3. The van der Waals surface area contributed by atoms with Gasteiger partial charge in [0.05, 0.1) is 40.3 Å². The highest BCUT2D eigenvalue weighted by Gasteiger charge is 2.26. The molecule has 6 aromatic rings. The van der Waals surface area contributed by atoms with Crippen molar-refractivity contribution in [1.82, 2.24) is 33.8 Å². The molecule has 0 aliphatic carbocycles. The van der Waals surface area contributed by atoms with Crippen LogP contribution in [0.1, 0.15) is 20.8 Å². The normalized spacial score (nSPS) is 13.9. The van der Waals surface area contributed by atoms with Crippen LogP contribution >= 0.6 is 0 Å². The number of carbonyl (C=O) groups is 1. The number of anilines is 1. The minimum atomic E-state index is -0.518. The van der Waals surface area contributed by atoms with Gasteiger partial charge < -0.3 is 14.5 Å². The summed E-state index contributed by atoms with van der Waals surface area (Å²) in [5.74, 6) is 0. The third-order valence-corrected chi connectivity index (χ3v) is 8.39. The highest BCUT2D eigenvalue weighted by Crippen LogP contribution is 2.31. The van der Waals surface area contributed by atoms with E-state index in [9.17, 15) is 9.59 Å². The molecule has 1 aliphatic heterocycles. The number of nitrogens with zero attached hydrogens (tertiary/aromatic N) is 8. The van der Waals surface area contributed by atoms with Gasteiger partial charge in [-0.3, -0.25) is 23.8 Å². The van der Waals surface area contributed by atoms with Gasteiger partial charge in [0.15, 0.2) is 0 Å². The number of piperazine rings is 1. The molecule has 0 atom stereocenters. The smallest absolute Gasteiger partial charge is 0.410 e. The predicted octanol–water partition coefficient (Wildman–Crippen LogP) is 5.40. The third kappa shape index (κ3) is 5.38. The molecule has 5 heterocycles. The molecular weight excluding hydrogens is 580 g/mol. The van der Waals surface area contributed by atoms with E-state index in [0.29, 0.717) is 26.2 Å².